The van der Waals surface area contributed by atoms with Crippen molar-refractivity contribution in [1.29, 1.82) is 0 Å². The number of rotatable bonds is 7. The molecule has 0 aliphatic rings. The predicted octanol–water partition coefficient (Wildman–Crippen LogP) is 1.28. The zero-order valence-corrected chi connectivity index (χ0v) is 13.2. The van der Waals surface area contributed by atoms with Gasteiger partial charge in [-0.1, -0.05) is 0 Å². The lowest BCUT2D eigenvalue weighted by Gasteiger charge is -2.34. The zero-order chi connectivity index (χ0) is 12.1. The number of hydrogen-bond acceptors (Lipinski definition) is 3. The van der Waals surface area contributed by atoms with Crippen molar-refractivity contribution >= 4 is 10.2 Å². The van der Waals surface area contributed by atoms with Gasteiger partial charge < -0.3 is 14.2 Å². The molecule has 0 heterocycles. The van der Waals surface area contributed by atoms with Gasteiger partial charge in [-0.15, -0.1) is 0 Å². The lowest BCUT2D eigenvalue weighted by molar-refractivity contribution is -0.241. The van der Waals surface area contributed by atoms with Gasteiger partial charge in [0.25, 0.3) is 0 Å². The highest BCUT2D eigenvalue weighted by molar-refractivity contribution is 6.13. The summed E-state index contributed by atoms with van der Waals surface area (Å²) in [6.07, 6.45) is 0.541. The van der Waals surface area contributed by atoms with Gasteiger partial charge in [-0.25, -0.2) is 0 Å². The molecule has 15 heavy (non-hydrogen) atoms. The lowest BCUT2D eigenvalue weighted by Crippen LogP contribution is -2.45. The van der Waals surface area contributed by atoms with Gasteiger partial charge in [-0.2, -0.15) is 0 Å². The molecule has 0 saturated carbocycles. The molecule has 92 valence electrons. The molecule has 0 bridgehead atoms. The Kier molecular flexibility index (Phi) is 6.67. The molecule has 0 rings (SSSR count). The van der Waals surface area contributed by atoms with Crippen molar-refractivity contribution in [3.05, 3.63) is 0 Å². The van der Waals surface area contributed by atoms with E-state index in [4.69, 9.17) is 14.2 Å². The molecule has 0 aromatic rings. The zero-order valence-electron chi connectivity index (χ0n) is 11.2. The van der Waals surface area contributed by atoms with Crippen LogP contribution in [0.2, 0.25) is 0 Å². The lowest BCUT2D eigenvalue weighted by atomic mass is 10.4. The molecular weight excluding hydrogens is 208 g/mol. The fourth-order valence-corrected chi connectivity index (χ4v) is 2.52. The van der Waals surface area contributed by atoms with Crippen molar-refractivity contribution in [3.63, 3.8) is 0 Å². The van der Waals surface area contributed by atoms with Crippen LogP contribution < -0.4 is 0 Å². The maximum absolute atomic E-state index is 5.81. The summed E-state index contributed by atoms with van der Waals surface area (Å²) in [5.41, 5.74) is -0.507. The summed E-state index contributed by atoms with van der Waals surface area (Å²) in [5.74, 6) is 0. The minimum absolute atomic E-state index is 0.164. The van der Waals surface area contributed by atoms with Gasteiger partial charge in [-0.3, -0.25) is 0 Å². The molecule has 0 atom stereocenters. The third-order valence-corrected chi connectivity index (χ3v) is 2.41. The van der Waals surface area contributed by atoms with Crippen molar-refractivity contribution < 1.29 is 14.2 Å². The monoisotopic (exact) mass is 234 g/mol. The SMILES string of the molecule is CC(C)OCC([SiH3])(OC(C)C)OC(C)C. The number of ether oxygens (including phenoxy) is 3. The minimum atomic E-state index is -0.507. The van der Waals surface area contributed by atoms with Crippen LogP contribution in [0.4, 0.5) is 0 Å². The first-order valence-electron chi connectivity index (χ1n) is 5.72. The fraction of sp³-hybridized carbons (Fsp3) is 1.00. The van der Waals surface area contributed by atoms with Crippen LogP contribution in [0.15, 0.2) is 0 Å². The normalized spacial score (nSPS) is 13.4. The van der Waals surface area contributed by atoms with Gasteiger partial charge >= 0.3 is 0 Å². The fourth-order valence-electron chi connectivity index (χ4n) is 1.41. The molecule has 3 nitrogen and oxygen atoms in total. The Morgan fingerprint density at radius 2 is 1.27 bits per heavy atom. The predicted molar refractivity (Wildman–Crippen MR) is 66.2 cm³/mol. The highest BCUT2D eigenvalue weighted by atomic mass is 28.1. The van der Waals surface area contributed by atoms with Crippen LogP contribution in [0.1, 0.15) is 41.5 Å². The molecular formula is C11H26O3Si. The first-order chi connectivity index (χ1) is 6.75. The largest absolute Gasteiger partial charge is 0.374 e. The summed E-state index contributed by atoms with van der Waals surface area (Å²) in [6.45, 7) is 12.6. The summed E-state index contributed by atoms with van der Waals surface area (Å²) in [4.78, 5) is 0. The van der Waals surface area contributed by atoms with Gasteiger partial charge in [0, 0.05) is 0 Å². The van der Waals surface area contributed by atoms with E-state index in [1.165, 1.54) is 0 Å². The van der Waals surface area contributed by atoms with Crippen LogP contribution in [0.3, 0.4) is 0 Å². The minimum Gasteiger partial charge on any atom is -0.374 e. The molecule has 0 aromatic heterocycles. The average Bonchev–Trinajstić information content (AvgIpc) is 1.97. The molecule has 0 saturated heterocycles. The van der Waals surface area contributed by atoms with E-state index in [2.05, 4.69) is 0 Å². The van der Waals surface area contributed by atoms with Gasteiger partial charge in [0.05, 0.1) is 35.2 Å². The summed E-state index contributed by atoms with van der Waals surface area (Å²) in [7, 11) is 0.800. The molecule has 4 heteroatoms. The Labute approximate surface area is 96.9 Å². The molecule has 0 amide bonds. The van der Waals surface area contributed by atoms with Crippen molar-refractivity contribution in [3.8, 4) is 0 Å². The standard InChI is InChI=1S/C11H26O3Si/c1-8(2)12-7-11(15,13-9(3)4)14-10(5)6/h8-10H,7H2,1-6,15H3. The van der Waals surface area contributed by atoms with Crippen LogP contribution in [0.5, 0.6) is 0 Å². The topological polar surface area (TPSA) is 27.7 Å². The van der Waals surface area contributed by atoms with Gasteiger partial charge in [0.2, 0.25) is 0 Å². The Balaban J connectivity index is 4.26. The second kappa shape index (κ2) is 6.63. The second-order valence-electron chi connectivity index (χ2n) is 4.83. The van der Waals surface area contributed by atoms with Crippen molar-refractivity contribution in [2.24, 2.45) is 0 Å². The Bertz CT molecular complexity index is 159. The molecule has 0 fully saturated rings. The quantitative estimate of drug-likeness (QED) is 0.491. The molecule has 0 aliphatic heterocycles. The molecule has 0 spiro atoms. The summed E-state index contributed by atoms with van der Waals surface area (Å²) >= 11 is 0. The van der Waals surface area contributed by atoms with E-state index in [9.17, 15) is 0 Å². The summed E-state index contributed by atoms with van der Waals surface area (Å²) in [6, 6.07) is 0. The van der Waals surface area contributed by atoms with E-state index >= 15 is 0 Å². The van der Waals surface area contributed by atoms with Gasteiger partial charge in [-0.05, 0) is 41.5 Å². The molecule has 0 radical (unpaired) electrons. The maximum Gasteiger partial charge on any atom is 0.164 e. The van der Waals surface area contributed by atoms with Crippen molar-refractivity contribution in [1.82, 2.24) is 0 Å². The Morgan fingerprint density at radius 1 is 0.867 bits per heavy atom. The molecule has 0 aliphatic carbocycles. The van der Waals surface area contributed by atoms with Gasteiger partial charge in [0.15, 0.2) is 5.41 Å². The first kappa shape index (κ1) is 15.1. The highest BCUT2D eigenvalue weighted by Gasteiger charge is 2.29. The van der Waals surface area contributed by atoms with E-state index < -0.39 is 5.41 Å². The third kappa shape index (κ3) is 7.96. The van der Waals surface area contributed by atoms with Crippen LogP contribution in [0.25, 0.3) is 0 Å². The Morgan fingerprint density at radius 3 is 1.53 bits per heavy atom. The van der Waals surface area contributed by atoms with E-state index in [1.54, 1.807) is 0 Å². The van der Waals surface area contributed by atoms with Crippen molar-refractivity contribution in [2.75, 3.05) is 6.61 Å². The number of hydrogen-bond donors (Lipinski definition) is 0. The van der Waals surface area contributed by atoms with E-state index in [-0.39, 0.29) is 18.3 Å². The van der Waals surface area contributed by atoms with E-state index in [0.717, 1.165) is 10.2 Å². The smallest absolute Gasteiger partial charge is 0.164 e. The second-order valence-corrected chi connectivity index (χ2v) is 6.35. The molecule has 0 aromatic carbocycles. The third-order valence-electron chi connectivity index (χ3n) is 1.65. The van der Waals surface area contributed by atoms with Crippen LogP contribution in [-0.4, -0.2) is 40.6 Å². The van der Waals surface area contributed by atoms with E-state index in [1.807, 2.05) is 41.5 Å². The first-order valence-corrected chi connectivity index (χ1v) is 6.72. The maximum atomic E-state index is 5.81. The van der Waals surface area contributed by atoms with Gasteiger partial charge in [0.1, 0.15) is 0 Å². The summed E-state index contributed by atoms with van der Waals surface area (Å²) < 4.78 is 17.2. The highest BCUT2D eigenvalue weighted by Crippen LogP contribution is 2.15. The molecule has 0 N–H and O–H groups in total. The van der Waals surface area contributed by atoms with Crippen LogP contribution >= 0.6 is 0 Å². The molecule has 0 unspecified atom stereocenters. The van der Waals surface area contributed by atoms with Crippen LogP contribution in [0, 0.1) is 0 Å². The van der Waals surface area contributed by atoms with Crippen LogP contribution in [-0.2, 0) is 14.2 Å². The Hall–Kier alpha value is 0.0969. The average molecular weight is 234 g/mol. The van der Waals surface area contributed by atoms with Crippen molar-refractivity contribution in [2.45, 2.75) is 65.3 Å². The summed E-state index contributed by atoms with van der Waals surface area (Å²) in [5, 5.41) is 0. The van der Waals surface area contributed by atoms with E-state index in [0.29, 0.717) is 6.61 Å².